The molecule has 162 valence electrons. The Morgan fingerprint density at radius 2 is 2.10 bits per heavy atom. The molecule has 2 bridgehead atoms. The second kappa shape index (κ2) is 7.83. The van der Waals surface area contributed by atoms with Gasteiger partial charge < -0.3 is 29.2 Å². The van der Waals surface area contributed by atoms with E-state index in [4.69, 9.17) is 18.9 Å². The zero-order valence-corrected chi connectivity index (χ0v) is 17.3. The number of hydrogen-bond acceptors (Lipinski definition) is 8. The minimum Gasteiger partial charge on any atom is -0.458 e. The molecule has 3 saturated heterocycles. The van der Waals surface area contributed by atoms with Crippen molar-refractivity contribution in [2.24, 2.45) is 11.8 Å². The van der Waals surface area contributed by atoms with Crippen molar-refractivity contribution in [3.05, 3.63) is 23.8 Å². The summed E-state index contributed by atoms with van der Waals surface area (Å²) >= 11 is 0. The van der Waals surface area contributed by atoms with E-state index in [2.05, 4.69) is 6.58 Å². The highest BCUT2D eigenvalue weighted by molar-refractivity contribution is 5.91. The van der Waals surface area contributed by atoms with E-state index in [1.807, 2.05) is 0 Å². The molecule has 0 aliphatic carbocycles. The van der Waals surface area contributed by atoms with Crippen molar-refractivity contribution < 1.29 is 38.7 Å². The van der Waals surface area contributed by atoms with Crippen LogP contribution in [0.2, 0.25) is 0 Å². The molecule has 0 aromatic heterocycles. The molecule has 0 saturated carbocycles. The van der Waals surface area contributed by atoms with E-state index >= 15 is 0 Å². The first kappa shape index (κ1) is 22.0. The summed E-state index contributed by atoms with van der Waals surface area (Å²) in [4.78, 5) is 24.8. The van der Waals surface area contributed by atoms with E-state index < -0.39 is 53.5 Å². The van der Waals surface area contributed by atoms with Crippen LogP contribution in [0.15, 0.2) is 23.8 Å². The van der Waals surface area contributed by atoms with Gasteiger partial charge in [-0.15, -0.1) is 0 Å². The van der Waals surface area contributed by atoms with Gasteiger partial charge in [-0.2, -0.15) is 0 Å². The lowest BCUT2D eigenvalue weighted by molar-refractivity contribution is -0.260. The van der Waals surface area contributed by atoms with Crippen molar-refractivity contribution in [3.63, 3.8) is 0 Å². The van der Waals surface area contributed by atoms with Gasteiger partial charge in [0.1, 0.15) is 12.2 Å². The second-order valence-electron chi connectivity index (χ2n) is 8.42. The van der Waals surface area contributed by atoms with Crippen molar-refractivity contribution in [3.8, 4) is 0 Å². The quantitative estimate of drug-likeness (QED) is 0.526. The standard InChI is InChI=1S/C21H30O8/c1-6-11(2)18(23)28-15-8-20(4)16(26-5)9-21(25,29-20)13(10-22)7-14-17(15)12(3)19(24)27-14/h6,13-17,22,25H,3,7-10H2,1-2,4-5H3/b11-6-/t13-,14+,15+,16+,17-,20+,21-/m0/s1. The van der Waals surface area contributed by atoms with Crippen LogP contribution in [0.1, 0.15) is 40.0 Å². The number of rotatable bonds is 4. The third-order valence-corrected chi connectivity index (χ3v) is 6.57. The van der Waals surface area contributed by atoms with Crippen molar-refractivity contribution in [2.45, 2.75) is 69.7 Å². The van der Waals surface area contributed by atoms with Gasteiger partial charge >= 0.3 is 11.9 Å². The Balaban J connectivity index is 2.05. The summed E-state index contributed by atoms with van der Waals surface area (Å²) in [5.74, 6) is -4.03. The van der Waals surface area contributed by atoms with Gasteiger partial charge in [0.25, 0.3) is 0 Å². The number of esters is 2. The number of hydrogen-bond donors (Lipinski definition) is 2. The van der Waals surface area contributed by atoms with Gasteiger partial charge in [-0.25, -0.2) is 9.59 Å². The molecule has 0 amide bonds. The highest BCUT2D eigenvalue weighted by Gasteiger charge is 2.61. The third-order valence-electron chi connectivity index (χ3n) is 6.57. The number of aliphatic hydroxyl groups excluding tert-OH is 1. The summed E-state index contributed by atoms with van der Waals surface area (Å²) in [6, 6.07) is 0. The van der Waals surface area contributed by atoms with Crippen LogP contribution in [0.3, 0.4) is 0 Å². The van der Waals surface area contributed by atoms with E-state index in [1.54, 1.807) is 26.8 Å². The fraction of sp³-hybridized carbons (Fsp3) is 0.714. The molecule has 8 nitrogen and oxygen atoms in total. The minimum absolute atomic E-state index is 0.144. The lowest BCUT2D eigenvalue weighted by atomic mass is 9.77. The molecule has 3 aliphatic heterocycles. The number of ether oxygens (including phenoxy) is 4. The van der Waals surface area contributed by atoms with Crippen LogP contribution in [0.4, 0.5) is 0 Å². The molecule has 0 unspecified atom stereocenters. The molecule has 29 heavy (non-hydrogen) atoms. The number of allylic oxidation sites excluding steroid dienone is 1. The topological polar surface area (TPSA) is 112 Å². The first-order valence-electron chi connectivity index (χ1n) is 9.88. The van der Waals surface area contributed by atoms with E-state index in [0.717, 1.165) is 0 Å². The Bertz CT molecular complexity index is 730. The Labute approximate surface area is 170 Å². The summed E-state index contributed by atoms with van der Waals surface area (Å²) < 4.78 is 22.9. The van der Waals surface area contributed by atoms with Gasteiger partial charge in [0.15, 0.2) is 5.79 Å². The lowest BCUT2D eigenvalue weighted by Gasteiger charge is -2.35. The Morgan fingerprint density at radius 1 is 1.41 bits per heavy atom. The maximum absolute atomic E-state index is 12.5. The van der Waals surface area contributed by atoms with Crippen LogP contribution in [0.25, 0.3) is 0 Å². The number of fused-ring (bicyclic) bond motifs is 3. The molecule has 0 aromatic carbocycles. The van der Waals surface area contributed by atoms with E-state index in [9.17, 15) is 19.8 Å². The van der Waals surface area contributed by atoms with Crippen LogP contribution in [-0.4, -0.2) is 65.6 Å². The molecule has 0 aromatic rings. The van der Waals surface area contributed by atoms with Crippen LogP contribution in [0.5, 0.6) is 0 Å². The molecule has 8 heteroatoms. The zero-order chi connectivity index (χ0) is 21.6. The normalized spacial score (nSPS) is 42.6. The maximum atomic E-state index is 12.5. The third kappa shape index (κ3) is 3.74. The number of carbonyl (C=O) groups excluding carboxylic acids is 2. The van der Waals surface area contributed by atoms with Crippen LogP contribution in [0, 0.1) is 11.8 Å². The van der Waals surface area contributed by atoms with Crippen molar-refractivity contribution >= 4 is 11.9 Å². The molecule has 3 rings (SSSR count). The summed E-state index contributed by atoms with van der Waals surface area (Å²) in [7, 11) is 1.52. The summed E-state index contributed by atoms with van der Waals surface area (Å²) in [5, 5.41) is 21.1. The Hall–Kier alpha value is -1.74. The molecule has 3 heterocycles. The van der Waals surface area contributed by atoms with Gasteiger partial charge in [-0.1, -0.05) is 12.7 Å². The fourth-order valence-corrected chi connectivity index (χ4v) is 4.73. The molecular weight excluding hydrogens is 380 g/mol. The summed E-state index contributed by atoms with van der Waals surface area (Å²) in [5.41, 5.74) is -0.361. The molecule has 3 aliphatic rings. The number of methoxy groups -OCH3 is 1. The van der Waals surface area contributed by atoms with Crippen molar-refractivity contribution in [2.75, 3.05) is 13.7 Å². The van der Waals surface area contributed by atoms with E-state index in [0.29, 0.717) is 5.57 Å². The predicted molar refractivity (Wildman–Crippen MR) is 101 cm³/mol. The largest absolute Gasteiger partial charge is 0.458 e. The first-order chi connectivity index (χ1) is 13.6. The average Bonchev–Trinajstić information content (AvgIpc) is 3.11. The Kier molecular flexibility index (Phi) is 5.93. The molecule has 0 radical (unpaired) electrons. The van der Waals surface area contributed by atoms with Gasteiger partial charge in [0.05, 0.1) is 24.2 Å². The zero-order valence-electron chi connectivity index (χ0n) is 17.3. The van der Waals surface area contributed by atoms with E-state index in [1.165, 1.54) is 7.11 Å². The maximum Gasteiger partial charge on any atom is 0.334 e. The van der Waals surface area contributed by atoms with Gasteiger partial charge in [0.2, 0.25) is 0 Å². The lowest BCUT2D eigenvalue weighted by Crippen LogP contribution is -2.45. The van der Waals surface area contributed by atoms with Gasteiger partial charge in [0, 0.05) is 37.0 Å². The van der Waals surface area contributed by atoms with Crippen molar-refractivity contribution in [1.29, 1.82) is 0 Å². The average molecular weight is 410 g/mol. The number of aliphatic hydroxyl groups is 2. The minimum atomic E-state index is -1.65. The highest BCUT2D eigenvalue weighted by Crippen LogP contribution is 2.50. The van der Waals surface area contributed by atoms with Crippen LogP contribution >= 0.6 is 0 Å². The summed E-state index contributed by atoms with van der Waals surface area (Å²) in [6.45, 7) is 8.65. The van der Waals surface area contributed by atoms with Gasteiger partial charge in [-0.05, 0) is 27.2 Å². The Morgan fingerprint density at radius 3 is 2.69 bits per heavy atom. The molecule has 0 spiro atoms. The molecule has 2 N–H and O–H groups in total. The first-order valence-corrected chi connectivity index (χ1v) is 9.88. The molecule has 3 fully saturated rings. The number of carbonyl (C=O) groups is 2. The van der Waals surface area contributed by atoms with Crippen LogP contribution in [-0.2, 0) is 28.5 Å². The van der Waals surface area contributed by atoms with Crippen molar-refractivity contribution in [1.82, 2.24) is 0 Å². The molecular formula is C21H30O8. The monoisotopic (exact) mass is 410 g/mol. The predicted octanol–water partition coefficient (Wildman–Crippen LogP) is 1.25. The smallest absolute Gasteiger partial charge is 0.334 e. The summed E-state index contributed by atoms with van der Waals surface area (Å²) in [6.07, 6.45) is 0.153. The second-order valence-corrected chi connectivity index (χ2v) is 8.42. The highest BCUT2D eigenvalue weighted by atomic mass is 16.7. The SMILES string of the molecule is C=C1C(=O)O[C@@H]2C[C@@H](CO)[C@]3(O)C[C@@H](OC)[C@@](C)(C[C@@H](OC(=O)/C(C)=C\C)[C@@H]12)O3. The fourth-order valence-electron chi connectivity index (χ4n) is 4.73. The molecule has 7 atom stereocenters. The van der Waals surface area contributed by atoms with Crippen LogP contribution < -0.4 is 0 Å². The van der Waals surface area contributed by atoms with E-state index in [-0.39, 0.29) is 31.4 Å². The van der Waals surface area contributed by atoms with Gasteiger partial charge in [-0.3, -0.25) is 0 Å².